The molecule has 0 bridgehead atoms. The summed E-state index contributed by atoms with van der Waals surface area (Å²) in [7, 11) is 0. The van der Waals surface area contributed by atoms with Crippen LogP contribution >= 0.6 is 0 Å². The molecule has 49 heavy (non-hydrogen) atoms. The van der Waals surface area contributed by atoms with Gasteiger partial charge in [0.15, 0.2) is 0 Å². The molecule has 0 heterocycles. The van der Waals surface area contributed by atoms with E-state index >= 15 is 0 Å². The van der Waals surface area contributed by atoms with E-state index in [4.69, 9.17) is 15.4 Å². The van der Waals surface area contributed by atoms with E-state index in [9.17, 15) is 19.7 Å². The van der Waals surface area contributed by atoms with Crippen LogP contribution in [0.3, 0.4) is 0 Å². The standard InChI is InChI=1S/C38H39N5O6/c1-4-6-22-40-38(34(39)13-5-2)32-23-28(18-20-30(32)31-21-19-29(43(46)47)24-33(31)38)35(42-49-37(45)27-16-11-8-12-17-27)25(3)41-48-36(44)26-14-9-7-10-15-26/h7-12,14-21,23-24,34,40H,4-6,13,22,39H2,1-3H3/b41-25+,42-35-. The Kier molecular flexibility index (Phi) is 11.1. The van der Waals surface area contributed by atoms with E-state index in [2.05, 4.69) is 22.6 Å². The highest BCUT2D eigenvalue weighted by atomic mass is 16.7. The number of non-ortho nitro benzene ring substituents is 1. The Bertz CT molecular complexity index is 1890. The van der Waals surface area contributed by atoms with Crippen molar-refractivity contribution >= 4 is 29.0 Å². The summed E-state index contributed by atoms with van der Waals surface area (Å²) in [6, 6.07) is 26.8. The molecule has 2 atom stereocenters. The van der Waals surface area contributed by atoms with Gasteiger partial charge in [-0.2, -0.15) is 0 Å². The number of hydrogen-bond donors (Lipinski definition) is 2. The normalized spacial score (nSPS) is 16.0. The van der Waals surface area contributed by atoms with Gasteiger partial charge in [-0.15, -0.1) is 0 Å². The van der Waals surface area contributed by atoms with Crippen molar-refractivity contribution in [1.82, 2.24) is 5.32 Å². The summed E-state index contributed by atoms with van der Waals surface area (Å²) in [5.41, 5.74) is 10.7. The fourth-order valence-electron chi connectivity index (χ4n) is 6.14. The number of carbonyl (C=O) groups excluding carboxylic acids is 2. The average molecular weight is 662 g/mol. The molecule has 3 N–H and O–H groups in total. The number of hydrogen-bond acceptors (Lipinski definition) is 10. The van der Waals surface area contributed by atoms with Crippen LogP contribution in [-0.4, -0.2) is 40.9 Å². The Hall–Kier alpha value is -5.52. The molecular formula is C38H39N5O6. The lowest BCUT2D eigenvalue weighted by molar-refractivity contribution is -0.384. The van der Waals surface area contributed by atoms with Crippen molar-refractivity contribution in [3.63, 3.8) is 0 Å². The van der Waals surface area contributed by atoms with Crippen molar-refractivity contribution in [1.29, 1.82) is 0 Å². The van der Waals surface area contributed by atoms with E-state index < -0.39 is 28.4 Å². The first-order valence-corrected chi connectivity index (χ1v) is 16.3. The van der Waals surface area contributed by atoms with Crippen molar-refractivity contribution in [2.45, 2.75) is 58.0 Å². The van der Waals surface area contributed by atoms with Gasteiger partial charge in [0.2, 0.25) is 0 Å². The molecule has 0 spiro atoms. The number of nitrogens with zero attached hydrogens (tertiary/aromatic N) is 3. The molecule has 0 aliphatic heterocycles. The van der Waals surface area contributed by atoms with Gasteiger partial charge in [0.25, 0.3) is 5.69 Å². The summed E-state index contributed by atoms with van der Waals surface area (Å²) in [4.78, 5) is 47.9. The van der Waals surface area contributed by atoms with E-state index in [0.717, 1.165) is 41.5 Å². The van der Waals surface area contributed by atoms with Crippen molar-refractivity contribution < 1.29 is 24.2 Å². The number of nitro benzene ring substituents is 1. The summed E-state index contributed by atoms with van der Waals surface area (Å²) >= 11 is 0. The minimum atomic E-state index is -0.978. The average Bonchev–Trinajstić information content (AvgIpc) is 3.40. The fraction of sp³-hybridized carbons (Fsp3) is 0.263. The Morgan fingerprint density at radius 1 is 0.816 bits per heavy atom. The lowest BCUT2D eigenvalue weighted by atomic mass is 9.78. The second kappa shape index (κ2) is 15.6. The zero-order chi connectivity index (χ0) is 35.0. The maximum atomic E-state index is 13.0. The number of benzene rings is 4. The molecule has 1 aliphatic rings. The van der Waals surface area contributed by atoms with Crippen LogP contribution in [0.15, 0.2) is 107 Å². The van der Waals surface area contributed by atoms with E-state index in [1.807, 2.05) is 19.1 Å². The van der Waals surface area contributed by atoms with Gasteiger partial charge in [0.1, 0.15) is 11.4 Å². The zero-order valence-electron chi connectivity index (χ0n) is 27.7. The topological polar surface area (TPSA) is 159 Å². The van der Waals surface area contributed by atoms with Crippen LogP contribution in [0.2, 0.25) is 0 Å². The van der Waals surface area contributed by atoms with Gasteiger partial charge in [-0.1, -0.05) is 85.5 Å². The molecule has 11 heteroatoms. The Labute approximate surface area is 284 Å². The highest BCUT2D eigenvalue weighted by Gasteiger charge is 2.48. The Morgan fingerprint density at radius 2 is 1.39 bits per heavy atom. The molecule has 0 saturated heterocycles. The minimum absolute atomic E-state index is 0.0320. The molecule has 252 valence electrons. The van der Waals surface area contributed by atoms with Crippen LogP contribution in [-0.2, 0) is 15.2 Å². The third kappa shape index (κ3) is 7.33. The summed E-state index contributed by atoms with van der Waals surface area (Å²) in [5, 5.41) is 24.0. The van der Waals surface area contributed by atoms with Crippen molar-refractivity contribution in [2.75, 3.05) is 6.54 Å². The number of oxime groups is 2. The molecule has 0 saturated carbocycles. The van der Waals surface area contributed by atoms with Crippen LogP contribution in [0.1, 0.15) is 83.9 Å². The third-order valence-corrected chi connectivity index (χ3v) is 8.58. The fourth-order valence-corrected chi connectivity index (χ4v) is 6.14. The van der Waals surface area contributed by atoms with E-state index in [1.54, 1.807) is 85.8 Å². The minimum Gasteiger partial charge on any atom is -0.326 e. The predicted octanol–water partition coefficient (Wildman–Crippen LogP) is 7.13. The van der Waals surface area contributed by atoms with Crippen LogP contribution in [0.4, 0.5) is 5.69 Å². The number of fused-ring (bicyclic) bond motifs is 3. The number of nitrogens with two attached hydrogens (primary N) is 1. The van der Waals surface area contributed by atoms with Gasteiger partial charge in [-0.05, 0) is 85.0 Å². The van der Waals surface area contributed by atoms with Crippen LogP contribution in [0, 0.1) is 10.1 Å². The van der Waals surface area contributed by atoms with Crippen molar-refractivity contribution in [3.05, 3.63) is 135 Å². The maximum Gasteiger partial charge on any atom is 0.365 e. The van der Waals surface area contributed by atoms with Gasteiger partial charge in [-0.25, -0.2) is 9.59 Å². The SMILES string of the molecule is CCCCNC1(C(N)CCC)c2cc(C(=N\OC(=O)c3ccccc3)/C(C)=N/OC(=O)c3ccccc3)ccc2-c2ccc([N+](=O)[O-])cc21. The van der Waals surface area contributed by atoms with E-state index in [1.165, 1.54) is 6.07 Å². The maximum absolute atomic E-state index is 13.0. The van der Waals surface area contributed by atoms with E-state index in [0.29, 0.717) is 29.7 Å². The molecule has 5 rings (SSSR count). The first-order chi connectivity index (χ1) is 23.7. The molecule has 11 nitrogen and oxygen atoms in total. The van der Waals surface area contributed by atoms with Gasteiger partial charge >= 0.3 is 11.9 Å². The Morgan fingerprint density at radius 3 is 1.96 bits per heavy atom. The summed E-state index contributed by atoms with van der Waals surface area (Å²) in [6.45, 7) is 6.34. The molecule has 4 aromatic rings. The van der Waals surface area contributed by atoms with Gasteiger partial charge in [-0.3, -0.25) is 10.1 Å². The lowest BCUT2D eigenvalue weighted by Crippen LogP contribution is -2.55. The second-order valence-electron chi connectivity index (χ2n) is 11.8. The second-order valence-corrected chi connectivity index (χ2v) is 11.8. The smallest absolute Gasteiger partial charge is 0.326 e. The molecule has 0 amide bonds. The number of carbonyl (C=O) groups is 2. The predicted molar refractivity (Wildman–Crippen MR) is 188 cm³/mol. The molecule has 0 fully saturated rings. The summed E-state index contributed by atoms with van der Waals surface area (Å²) in [5.74, 6) is -1.36. The van der Waals surface area contributed by atoms with Crippen LogP contribution in [0.25, 0.3) is 11.1 Å². The van der Waals surface area contributed by atoms with Gasteiger partial charge in [0.05, 0.1) is 21.6 Å². The van der Waals surface area contributed by atoms with Crippen LogP contribution < -0.4 is 11.1 Å². The van der Waals surface area contributed by atoms with Gasteiger partial charge in [0, 0.05) is 23.7 Å². The first-order valence-electron chi connectivity index (χ1n) is 16.3. The first kappa shape index (κ1) is 34.8. The molecule has 0 radical (unpaired) electrons. The molecule has 2 unspecified atom stereocenters. The molecule has 0 aromatic heterocycles. The number of unbranched alkanes of at least 4 members (excludes halogenated alkanes) is 1. The molecule has 4 aromatic carbocycles. The zero-order valence-corrected chi connectivity index (χ0v) is 27.7. The molecule has 1 aliphatic carbocycles. The number of rotatable bonds is 14. The summed E-state index contributed by atoms with van der Waals surface area (Å²) < 4.78 is 0. The van der Waals surface area contributed by atoms with E-state index in [-0.39, 0.29) is 17.1 Å². The highest BCUT2D eigenvalue weighted by Crippen LogP contribution is 2.51. The van der Waals surface area contributed by atoms with Crippen molar-refractivity contribution in [3.8, 4) is 11.1 Å². The number of nitrogens with one attached hydrogen (secondary N) is 1. The number of nitro groups is 1. The largest absolute Gasteiger partial charge is 0.365 e. The van der Waals surface area contributed by atoms with Crippen LogP contribution in [0.5, 0.6) is 0 Å². The summed E-state index contributed by atoms with van der Waals surface area (Å²) in [6.07, 6.45) is 3.22. The van der Waals surface area contributed by atoms with Crippen molar-refractivity contribution in [2.24, 2.45) is 16.0 Å². The highest BCUT2D eigenvalue weighted by molar-refractivity contribution is 6.47. The third-order valence-electron chi connectivity index (χ3n) is 8.58. The monoisotopic (exact) mass is 661 g/mol. The van der Waals surface area contributed by atoms with Gasteiger partial charge < -0.3 is 20.7 Å². The molecular weight excluding hydrogens is 622 g/mol. The lowest BCUT2D eigenvalue weighted by Gasteiger charge is -2.39. The Balaban J connectivity index is 1.65. The quantitative estimate of drug-likeness (QED) is 0.0475.